The first kappa shape index (κ1) is 24.5. The van der Waals surface area contributed by atoms with Crippen LogP contribution in [0.1, 0.15) is 53.1 Å². The Hall–Kier alpha value is -3.60. The number of amides is 2. The highest BCUT2D eigenvalue weighted by atomic mass is 19.1. The second-order valence-electron chi connectivity index (χ2n) is 9.20. The molecule has 2 amide bonds. The molecule has 186 valence electrons. The third-order valence-corrected chi connectivity index (χ3v) is 6.82. The molecule has 3 heterocycles. The van der Waals surface area contributed by atoms with Crippen molar-refractivity contribution in [2.24, 2.45) is 5.41 Å². The second kappa shape index (κ2) is 8.88. The number of hydrazine groups is 1. The monoisotopic (exact) mass is 489 g/mol. The first-order chi connectivity index (χ1) is 16.5. The minimum absolute atomic E-state index is 0.0518. The van der Waals surface area contributed by atoms with Crippen LogP contribution in [-0.4, -0.2) is 41.5 Å². The van der Waals surface area contributed by atoms with E-state index in [0.29, 0.717) is 19.1 Å². The quantitative estimate of drug-likeness (QED) is 0.634. The molecule has 0 radical (unpaired) electrons. The molecule has 11 heteroatoms. The van der Waals surface area contributed by atoms with Gasteiger partial charge in [0.2, 0.25) is 11.3 Å². The predicted octanol–water partition coefficient (Wildman–Crippen LogP) is 1.91. The highest BCUT2D eigenvalue weighted by Crippen LogP contribution is 2.48. The normalized spacial score (nSPS) is 20.4. The molecule has 0 aliphatic carbocycles. The molecule has 1 fully saturated rings. The molecule has 1 unspecified atom stereocenters. The molecule has 4 rings (SSSR count). The molecule has 2 aromatic rings. The van der Waals surface area contributed by atoms with Crippen LogP contribution in [0.5, 0.6) is 5.75 Å². The van der Waals surface area contributed by atoms with E-state index < -0.39 is 46.3 Å². The van der Waals surface area contributed by atoms with E-state index in [1.807, 2.05) is 0 Å². The van der Waals surface area contributed by atoms with E-state index in [4.69, 9.17) is 9.47 Å². The summed E-state index contributed by atoms with van der Waals surface area (Å²) in [6.07, 6.45) is 2.19. The van der Waals surface area contributed by atoms with Gasteiger partial charge in [-0.15, -0.1) is 0 Å². The maximum absolute atomic E-state index is 13.8. The average molecular weight is 489 g/mol. The number of ether oxygens (including phenoxy) is 2. The highest BCUT2D eigenvalue weighted by molar-refractivity contribution is 6.04. The van der Waals surface area contributed by atoms with Crippen molar-refractivity contribution in [2.75, 3.05) is 13.7 Å². The van der Waals surface area contributed by atoms with E-state index in [2.05, 4.69) is 10.9 Å². The number of carbonyl (C=O) groups is 3. The Labute approximate surface area is 199 Å². The molecule has 2 aliphatic heterocycles. The van der Waals surface area contributed by atoms with Crippen LogP contribution >= 0.6 is 0 Å². The Morgan fingerprint density at radius 3 is 2.57 bits per heavy atom. The number of Topliss-reactive ketones (excluding diaryl/α,β-unsaturated/α-hetero) is 1. The fourth-order valence-corrected chi connectivity index (χ4v) is 4.72. The standard InChI is InChI=1S/C24H25F2N3O6/c1-23(2)21(32)18-20(34-3)19(31)15(11-29(18)12-24(23)7-4-8-35-24)22(33)28-27-17(30)9-13-5-6-14(25)10-16(13)26/h5-6,10-11H,4,7-9,12H2,1-3H3,(H,27,30)(H,28,33). The summed E-state index contributed by atoms with van der Waals surface area (Å²) in [6, 6.07) is 2.77. The smallest absolute Gasteiger partial charge is 0.275 e. The van der Waals surface area contributed by atoms with Gasteiger partial charge in [-0.05, 0) is 38.3 Å². The largest absolute Gasteiger partial charge is 0.491 e. The lowest BCUT2D eigenvalue weighted by molar-refractivity contribution is -0.121. The molecule has 1 spiro atoms. The summed E-state index contributed by atoms with van der Waals surface area (Å²) in [5, 5.41) is 0. The number of methoxy groups -OCH3 is 1. The van der Waals surface area contributed by atoms with Gasteiger partial charge in [-0.1, -0.05) is 6.07 Å². The number of benzene rings is 1. The van der Waals surface area contributed by atoms with E-state index in [1.165, 1.54) is 17.9 Å². The minimum Gasteiger partial charge on any atom is -0.491 e. The number of aromatic nitrogens is 1. The molecule has 1 aromatic heterocycles. The Morgan fingerprint density at radius 1 is 1.20 bits per heavy atom. The van der Waals surface area contributed by atoms with Crippen LogP contribution in [-0.2, 0) is 22.5 Å². The maximum atomic E-state index is 13.8. The molecule has 2 aliphatic rings. The van der Waals surface area contributed by atoms with Crippen LogP contribution in [0.2, 0.25) is 0 Å². The van der Waals surface area contributed by atoms with Crippen LogP contribution in [0.25, 0.3) is 0 Å². The Morgan fingerprint density at radius 2 is 1.94 bits per heavy atom. The van der Waals surface area contributed by atoms with Gasteiger partial charge in [-0.25, -0.2) is 8.78 Å². The summed E-state index contributed by atoms with van der Waals surface area (Å²) in [6.45, 7) is 4.27. The van der Waals surface area contributed by atoms with E-state index in [-0.39, 0.29) is 34.9 Å². The maximum Gasteiger partial charge on any atom is 0.275 e. The summed E-state index contributed by atoms with van der Waals surface area (Å²) >= 11 is 0. The third-order valence-electron chi connectivity index (χ3n) is 6.82. The van der Waals surface area contributed by atoms with Crippen molar-refractivity contribution >= 4 is 17.6 Å². The van der Waals surface area contributed by atoms with Crippen molar-refractivity contribution in [3.63, 3.8) is 0 Å². The molecule has 35 heavy (non-hydrogen) atoms. The van der Waals surface area contributed by atoms with Crippen molar-refractivity contribution in [3.05, 3.63) is 63.1 Å². The SMILES string of the molecule is COc1c2n(cc(C(=O)NNC(=O)Cc3ccc(F)cc3F)c1=O)CC1(CCCO1)C(C)(C)C2=O. The molecule has 1 atom stereocenters. The summed E-state index contributed by atoms with van der Waals surface area (Å²) in [5.41, 5.74) is 1.31. The van der Waals surface area contributed by atoms with E-state index in [0.717, 1.165) is 18.6 Å². The molecular weight excluding hydrogens is 464 g/mol. The number of ketones is 1. The summed E-state index contributed by atoms with van der Waals surface area (Å²) in [7, 11) is 1.23. The topological polar surface area (TPSA) is 116 Å². The fraction of sp³-hybridized carbons (Fsp3) is 0.417. The first-order valence-electron chi connectivity index (χ1n) is 11.0. The number of halogens is 2. The lowest BCUT2D eigenvalue weighted by atomic mass is 9.67. The highest BCUT2D eigenvalue weighted by Gasteiger charge is 2.57. The van der Waals surface area contributed by atoms with Crippen LogP contribution in [0, 0.1) is 17.0 Å². The molecule has 0 saturated carbocycles. The predicted molar refractivity (Wildman–Crippen MR) is 119 cm³/mol. The van der Waals surface area contributed by atoms with Crippen LogP contribution in [0.3, 0.4) is 0 Å². The number of pyridine rings is 1. The number of rotatable bonds is 4. The number of carbonyl (C=O) groups excluding carboxylic acids is 3. The first-order valence-corrected chi connectivity index (χ1v) is 11.0. The molecule has 9 nitrogen and oxygen atoms in total. The number of hydrogen-bond donors (Lipinski definition) is 2. The zero-order chi connectivity index (χ0) is 25.5. The minimum atomic E-state index is -0.949. The molecule has 1 aromatic carbocycles. The number of hydrogen-bond acceptors (Lipinski definition) is 6. The van der Waals surface area contributed by atoms with E-state index in [9.17, 15) is 28.0 Å². The Kier molecular flexibility index (Phi) is 6.22. The zero-order valence-corrected chi connectivity index (χ0v) is 19.5. The van der Waals surface area contributed by atoms with Crippen molar-refractivity contribution in [2.45, 2.75) is 45.3 Å². The van der Waals surface area contributed by atoms with Gasteiger partial charge in [0.05, 0.1) is 31.1 Å². The zero-order valence-electron chi connectivity index (χ0n) is 19.5. The van der Waals surface area contributed by atoms with Gasteiger partial charge in [0.1, 0.15) is 22.9 Å². The second-order valence-corrected chi connectivity index (χ2v) is 9.20. The van der Waals surface area contributed by atoms with Crippen molar-refractivity contribution in [1.82, 2.24) is 15.4 Å². The Balaban J connectivity index is 1.59. The van der Waals surface area contributed by atoms with Crippen LogP contribution in [0.4, 0.5) is 8.78 Å². The van der Waals surface area contributed by atoms with E-state index >= 15 is 0 Å². The van der Waals surface area contributed by atoms with Gasteiger partial charge >= 0.3 is 0 Å². The molecule has 0 bridgehead atoms. The van der Waals surface area contributed by atoms with E-state index in [1.54, 1.807) is 13.8 Å². The summed E-state index contributed by atoms with van der Waals surface area (Å²) in [5.74, 6) is -4.03. The van der Waals surface area contributed by atoms with Crippen molar-refractivity contribution < 1.29 is 32.6 Å². The van der Waals surface area contributed by atoms with Gasteiger partial charge in [0.25, 0.3) is 5.91 Å². The van der Waals surface area contributed by atoms with Crippen LogP contribution in [0.15, 0.2) is 29.2 Å². The van der Waals surface area contributed by atoms with Gasteiger partial charge in [0.15, 0.2) is 11.5 Å². The third kappa shape index (κ3) is 4.09. The van der Waals surface area contributed by atoms with Gasteiger partial charge in [0, 0.05) is 18.9 Å². The van der Waals surface area contributed by atoms with Gasteiger partial charge in [-0.2, -0.15) is 0 Å². The van der Waals surface area contributed by atoms with Gasteiger partial charge < -0.3 is 14.0 Å². The lowest BCUT2D eigenvalue weighted by Gasteiger charge is -2.47. The fourth-order valence-electron chi connectivity index (χ4n) is 4.72. The average Bonchev–Trinajstić information content (AvgIpc) is 3.28. The lowest BCUT2D eigenvalue weighted by Crippen LogP contribution is -2.57. The van der Waals surface area contributed by atoms with Crippen molar-refractivity contribution in [1.29, 1.82) is 0 Å². The molecule has 2 N–H and O–H groups in total. The molecule has 1 saturated heterocycles. The Bertz CT molecular complexity index is 1280. The number of nitrogens with zero attached hydrogens (tertiary/aromatic N) is 1. The van der Waals surface area contributed by atoms with Gasteiger partial charge in [-0.3, -0.25) is 30.0 Å². The number of fused-ring (bicyclic) bond motifs is 1. The summed E-state index contributed by atoms with van der Waals surface area (Å²) < 4.78 is 39.6. The number of nitrogens with one attached hydrogen (secondary N) is 2. The molecular formula is C24H25F2N3O6. The van der Waals surface area contributed by atoms with Crippen molar-refractivity contribution in [3.8, 4) is 5.75 Å². The van der Waals surface area contributed by atoms with Crippen LogP contribution < -0.4 is 21.0 Å². The summed E-state index contributed by atoms with van der Waals surface area (Å²) in [4.78, 5) is 51.4.